The molecular formula is C11H22N2O4. The number of methoxy groups -OCH3 is 1. The van der Waals surface area contributed by atoms with Crippen molar-refractivity contribution in [3.8, 4) is 0 Å². The Morgan fingerprint density at radius 2 is 1.82 bits per heavy atom. The summed E-state index contributed by atoms with van der Waals surface area (Å²) < 4.78 is 4.71. The van der Waals surface area contributed by atoms with Gasteiger partial charge < -0.3 is 20.9 Å². The quantitative estimate of drug-likeness (QED) is 0.610. The molecule has 17 heavy (non-hydrogen) atoms. The van der Waals surface area contributed by atoms with Crippen LogP contribution in [0.4, 0.5) is 0 Å². The molecule has 1 unspecified atom stereocenters. The van der Waals surface area contributed by atoms with Crippen molar-refractivity contribution in [1.82, 2.24) is 5.32 Å². The first-order valence-corrected chi connectivity index (χ1v) is 5.36. The van der Waals surface area contributed by atoms with Gasteiger partial charge in [0.2, 0.25) is 5.91 Å². The van der Waals surface area contributed by atoms with E-state index in [-0.39, 0.29) is 12.5 Å². The van der Waals surface area contributed by atoms with Crippen LogP contribution in [0.3, 0.4) is 0 Å². The first-order valence-electron chi connectivity index (χ1n) is 5.36. The van der Waals surface area contributed by atoms with Gasteiger partial charge in [-0.25, -0.2) is 4.79 Å². The molecule has 1 amide bonds. The molecule has 0 aromatic carbocycles. The summed E-state index contributed by atoms with van der Waals surface area (Å²) in [5.41, 5.74) is 4.40. The van der Waals surface area contributed by atoms with Gasteiger partial charge in [-0.2, -0.15) is 0 Å². The van der Waals surface area contributed by atoms with Crippen LogP contribution in [0.25, 0.3) is 0 Å². The van der Waals surface area contributed by atoms with E-state index in [0.29, 0.717) is 0 Å². The Labute approximate surface area is 102 Å². The maximum atomic E-state index is 11.9. The van der Waals surface area contributed by atoms with E-state index in [4.69, 9.17) is 15.6 Å². The van der Waals surface area contributed by atoms with Crippen LogP contribution >= 0.6 is 0 Å². The molecule has 6 nitrogen and oxygen atoms in total. The molecule has 1 atom stereocenters. The van der Waals surface area contributed by atoms with Crippen molar-refractivity contribution in [3.63, 3.8) is 0 Å². The van der Waals surface area contributed by atoms with Crippen LogP contribution < -0.4 is 11.1 Å². The van der Waals surface area contributed by atoms with Gasteiger partial charge in [0.05, 0.1) is 12.0 Å². The Kier molecular flexibility index (Phi) is 5.10. The highest BCUT2D eigenvalue weighted by molar-refractivity contribution is 5.84. The molecule has 100 valence electrons. The van der Waals surface area contributed by atoms with Gasteiger partial charge in [0.1, 0.15) is 0 Å². The van der Waals surface area contributed by atoms with E-state index < -0.39 is 23.0 Å². The molecule has 4 N–H and O–H groups in total. The maximum absolute atomic E-state index is 11.9. The molecule has 0 aromatic heterocycles. The minimum Gasteiger partial charge on any atom is -0.479 e. The fraction of sp³-hybridized carbons (Fsp3) is 0.818. The smallest absolute Gasteiger partial charge is 0.334 e. The van der Waals surface area contributed by atoms with Gasteiger partial charge in [-0.15, -0.1) is 0 Å². The monoisotopic (exact) mass is 246 g/mol. The van der Waals surface area contributed by atoms with E-state index in [1.807, 2.05) is 0 Å². The van der Waals surface area contributed by atoms with Crippen molar-refractivity contribution in [1.29, 1.82) is 0 Å². The molecule has 0 saturated carbocycles. The second kappa shape index (κ2) is 5.46. The fourth-order valence-corrected chi connectivity index (χ4v) is 0.970. The van der Waals surface area contributed by atoms with Gasteiger partial charge in [0, 0.05) is 12.6 Å². The zero-order chi connectivity index (χ0) is 13.9. The number of nitrogens with two attached hydrogens (primary N) is 1. The van der Waals surface area contributed by atoms with Crippen LogP contribution in [0.2, 0.25) is 0 Å². The van der Waals surface area contributed by atoms with Crippen LogP contribution in [0.1, 0.15) is 27.7 Å². The lowest BCUT2D eigenvalue weighted by atomic mass is 9.74. The molecule has 0 spiro atoms. The first kappa shape index (κ1) is 15.9. The second-order valence-corrected chi connectivity index (χ2v) is 5.12. The molecule has 0 rings (SSSR count). The summed E-state index contributed by atoms with van der Waals surface area (Å²) in [5.74, 6) is -1.41. The maximum Gasteiger partial charge on any atom is 0.334 e. The molecular weight excluding hydrogens is 224 g/mol. The predicted molar refractivity (Wildman–Crippen MR) is 63.5 cm³/mol. The summed E-state index contributed by atoms with van der Waals surface area (Å²) in [6, 6.07) is 0. The number of rotatable bonds is 6. The van der Waals surface area contributed by atoms with E-state index in [1.54, 1.807) is 27.7 Å². The third-order valence-electron chi connectivity index (χ3n) is 3.19. The molecule has 0 aliphatic rings. The largest absolute Gasteiger partial charge is 0.479 e. The minimum atomic E-state index is -1.11. The number of nitrogens with one attached hydrogen (secondary N) is 1. The topological polar surface area (TPSA) is 102 Å². The van der Waals surface area contributed by atoms with Crippen LogP contribution in [0, 0.1) is 5.41 Å². The molecule has 0 fully saturated rings. The molecule has 0 bridgehead atoms. The lowest BCUT2D eigenvalue weighted by Crippen LogP contribution is -2.56. The van der Waals surface area contributed by atoms with Crippen molar-refractivity contribution < 1.29 is 19.4 Å². The lowest BCUT2D eigenvalue weighted by molar-refractivity contribution is -0.148. The van der Waals surface area contributed by atoms with Crippen LogP contribution in [0.15, 0.2) is 0 Å². The van der Waals surface area contributed by atoms with Crippen LogP contribution in [-0.4, -0.2) is 42.3 Å². The number of carboxylic acids is 1. The van der Waals surface area contributed by atoms with Gasteiger partial charge >= 0.3 is 5.97 Å². The Morgan fingerprint density at radius 1 is 1.35 bits per heavy atom. The summed E-state index contributed by atoms with van der Waals surface area (Å²) in [4.78, 5) is 22.6. The number of carbonyl (C=O) groups excluding carboxylic acids is 1. The van der Waals surface area contributed by atoms with Gasteiger partial charge in [-0.1, -0.05) is 0 Å². The molecule has 0 heterocycles. The molecule has 0 aliphatic heterocycles. The number of hydrogen-bond donors (Lipinski definition) is 3. The normalized spacial score (nSPS) is 14.2. The summed E-state index contributed by atoms with van der Waals surface area (Å²) in [7, 11) is 1.28. The second-order valence-electron chi connectivity index (χ2n) is 5.12. The van der Waals surface area contributed by atoms with Crippen molar-refractivity contribution in [2.24, 2.45) is 11.1 Å². The third-order valence-corrected chi connectivity index (χ3v) is 3.19. The van der Waals surface area contributed by atoms with E-state index in [0.717, 1.165) is 0 Å². The lowest BCUT2D eigenvalue weighted by Gasteiger charge is -2.37. The van der Waals surface area contributed by atoms with Crippen molar-refractivity contribution in [2.75, 3.05) is 13.7 Å². The summed E-state index contributed by atoms with van der Waals surface area (Å²) >= 11 is 0. The molecule has 0 aromatic rings. The third kappa shape index (κ3) is 3.98. The van der Waals surface area contributed by atoms with Crippen LogP contribution in [-0.2, 0) is 14.3 Å². The number of aliphatic carboxylic acids is 1. The fourth-order valence-electron chi connectivity index (χ4n) is 0.970. The highest BCUT2D eigenvalue weighted by atomic mass is 16.5. The number of ether oxygens (including phenoxy) is 1. The Balaban J connectivity index is 4.52. The Hall–Kier alpha value is -1.14. The van der Waals surface area contributed by atoms with E-state index in [9.17, 15) is 9.59 Å². The van der Waals surface area contributed by atoms with Crippen molar-refractivity contribution in [2.45, 2.75) is 39.3 Å². The molecule has 0 radical (unpaired) electrons. The molecule has 0 saturated heterocycles. The summed E-state index contributed by atoms with van der Waals surface area (Å²) in [5, 5.41) is 11.3. The van der Waals surface area contributed by atoms with Gasteiger partial charge in [0.25, 0.3) is 0 Å². The number of carboxylic acid groups (broad SMARTS) is 1. The zero-order valence-electron chi connectivity index (χ0n) is 11.0. The standard InChI is InChI=1S/C11H22N2O4/c1-10(2,11(3,4)12)9(16)13-6-7(17-5)8(14)15/h7H,6,12H2,1-5H3,(H,13,16)(H,14,15). The van der Waals surface area contributed by atoms with Gasteiger partial charge in [-0.3, -0.25) is 4.79 Å². The van der Waals surface area contributed by atoms with Crippen molar-refractivity contribution in [3.05, 3.63) is 0 Å². The first-order chi connectivity index (χ1) is 7.54. The highest BCUT2D eigenvalue weighted by Gasteiger charge is 2.40. The molecule has 0 aliphatic carbocycles. The van der Waals surface area contributed by atoms with E-state index >= 15 is 0 Å². The van der Waals surface area contributed by atoms with Crippen LogP contribution in [0.5, 0.6) is 0 Å². The van der Waals surface area contributed by atoms with Gasteiger partial charge in [0.15, 0.2) is 6.10 Å². The number of hydrogen-bond acceptors (Lipinski definition) is 4. The summed E-state index contributed by atoms with van der Waals surface area (Å²) in [6.07, 6.45) is -1.05. The minimum absolute atomic E-state index is 0.0792. The SMILES string of the molecule is COC(CNC(=O)C(C)(C)C(C)(C)N)C(=O)O. The number of carbonyl (C=O) groups is 2. The highest BCUT2D eigenvalue weighted by Crippen LogP contribution is 2.28. The average Bonchev–Trinajstić information content (AvgIpc) is 2.15. The van der Waals surface area contributed by atoms with Crippen molar-refractivity contribution >= 4 is 11.9 Å². The Bertz CT molecular complexity index is 294. The van der Waals surface area contributed by atoms with E-state index in [2.05, 4.69) is 5.32 Å². The summed E-state index contributed by atoms with van der Waals surface area (Å²) in [6.45, 7) is 6.84. The van der Waals surface area contributed by atoms with E-state index in [1.165, 1.54) is 7.11 Å². The molecule has 6 heteroatoms. The van der Waals surface area contributed by atoms with Gasteiger partial charge in [-0.05, 0) is 27.7 Å². The average molecular weight is 246 g/mol. The zero-order valence-corrected chi connectivity index (χ0v) is 11.0. The Morgan fingerprint density at radius 3 is 2.12 bits per heavy atom. The predicted octanol–water partition coefficient (Wildman–Crippen LogP) is -0.0343. The number of amides is 1.